The number of carbonyl (C=O) groups excluding carboxylic acids is 1. The molecule has 0 heterocycles. The number of carbonyl (C=O) groups is 1. The molecular formula is C15H13BrFNO3S. The van der Waals surface area contributed by atoms with E-state index in [1.807, 2.05) is 0 Å². The molecule has 2 aromatic carbocycles. The minimum Gasteiger partial charge on any atom is -0.348 e. The van der Waals surface area contributed by atoms with Crippen LogP contribution in [0.3, 0.4) is 0 Å². The zero-order valence-corrected chi connectivity index (χ0v) is 14.0. The van der Waals surface area contributed by atoms with Crippen LogP contribution in [0.2, 0.25) is 0 Å². The Bertz CT molecular complexity index is 821. The van der Waals surface area contributed by atoms with Crippen LogP contribution in [0.1, 0.15) is 15.9 Å². The van der Waals surface area contributed by atoms with Crippen LogP contribution < -0.4 is 5.32 Å². The summed E-state index contributed by atoms with van der Waals surface area (Å²) in [7, 11) is -3.52. The second-order valence-electron chi connectivity index (χ2n) is 4.69. The average molecular weight is 386 g/mol. The van der Waals surface area contributed by atoms with Gasteiger partial charge in [-0.2, -0.15) is 0 Å². The molecule has 1 amide bonds. The van der Waals surface area contributed by atoms with E-state index < -0.39 is 21.6 Å². The first-order valence-electron chi connectivity index (χ1n) is 6.30. The topological polar surface area (TPSA) is 63.2 Å². The Kier molecular flexibility index (Phi) is 4.97. The number of halogens is 2. The van der Waals surface area contributed by atoms with Crippen molar-refractivity contribution in [3.8, 4) is 0 Å². The monoisotopic (exact) mass is 385 g/mol. The van der Waals surface area contributed by atoms with Gasteiger partial charge in [-0.25, -0.2) is 12.8 Å². The summed E-state index contributed by atoms with van der Waals surface area (Å²) in [5.74, 6) is -1.01. The molecule has 0 fully saturated rings. The Morgan fingerprint density at radius 1 is 1.23 bits per heavy atom. The van der Waals surface area contributed by atoms with Gasteiger partial charge in [0.05, 0.1) is 10.5 Å². The molecule has 0 aromatic heterocycles. The van der Waals surface area contributed by atoms with Crippen LogP contribution in [0.4, 0.5) is 4.39 Å². The molecule has 0 saturated heterocycles. The molecule has 7 heteroatoms. The van der Waals surface area contributed by atoms with Crippen LogP contribution >= 0.6 is 15.9 Å². The van der Waals surface area contributed by atoms with Gasteiger partial charge in [0.15, 0.2) is 9.84 Å². The molecule has 0 unspecified atom stereocenters. The maximum Gasteiger partial charge on any atom is 0.252 e. The van der Waals surface area contributed by atoms with E-state index in [9.17, 15) is 17.6 Å². The highest BCUT2D eigenvalue weighted by molar-refractivity contribution is 9.10. The zero-order chi connectivity index (χ0) is 16.3. The first-order valence-corrected chi connectivity index (χ1v) is 8.98. The van der Waals surface area contributed by atoms with Crippen molar-refractivity contribution in [1.29, 1.82) is 0 Å². The van der Waals surface area contributed by atoms with Crippen molar-refractivity contribution in [3.63, 3.8) is 0 Å². The number of sulfone groups is 1. The van der Waals surface area contributed by atoms with E-state index in [0.717, 1.165) is 6.26 Å². The van der Waals surface area contributed by atoms with Crippen molar-refractivity contribution in [2.24, 2.45) is 0 Å². The lowest BCUT2D eigenvalue weighted by Gasteiger charge is -2.09. The van der Waals surface area contributed by atoms with Crippen LogP contribution in [-0.2, 0) is 16.4 Å². The Morgan fingerprint density at radius 2 is 1.91 bits per heavy atom. The summed E-state index contributed by atoms with van der Waals surface area (Å²) in [6.45, 7) is -0.0395. The van der Waals surface area contributed by atoms with Gasteiger partial charge in [-0.3, -0.25) is 4.79 Å². The summed E-state index contributed by atoms with van der Waals surface area (Å²) >= 11 is 3.23. The number of hydrogen-bond acceptors (Lipinski definition) is 3. The predicted octanol–water partition coefficient (Wildman–Crippen LogP) is 2.92. The summed E-state index contributed by atoms with van der Waals surface area (Å²) < 4.78 is 37.7. The summed E-state index contributed by atoms with van der Waals surface area (Å²) in [6, 6.07) is 10.3. The second kappa shape index (κ2) is 6.58. The van der Waals surface area contributed by atoms with Crippen molar-refractivity contribution in [1.82, 2.24) is 5.32 Å². The molecule has 0 atom stereocenters. The molecular weight excluding hydrogens is 373 g/mol. The number of benzene rings is 2. The number of nitrogens with one attached hydrogen (secondary N) is 1. The molecule has 0 radical (unpaired) electrons. The van der Waals surface area contributed by atoms with Crippen LogP contribution in [0.15, 0.2) is 51.8 Å². The molecule has 1 N–H and O–H groups in total. The highest BCUT2D eigenvalue weighted by Gasteiger charge is 2.18. The highest BCUT2D eigenvalue weighted by Crippen LogP contribution is 2.17. The number of amides is 1. The Morgan fingerprint density at radius 3 is 2.59 bits per heavy atom. The summed E-state index contributed by atoms with van der Waals surface area (Å²) in [4.78, 5) is 12.1. The van der Waals surface area contributed by atoms with E-state index in [1.165, 1.54) is 18.2 Å². The largest absolute Gasteiger partial charge is 0.348 e. The van der Waals surface area contributed by atoms with E-state index >= 15 is 0 Å². The van der Waals surface area contributed by atoms with Crippen molar-refractivity contribution in [2.45, 2.75) is 11.4 Å². The van der Waals surface area contributed by atoms with Gasteiger partial charge < -0.3 is 5.32 Å². The fourth-order valence-electron chi connectivity index (χ4n) is 1.93. The van der Waals surface area contributed by atoms with E-state index in [2.05, 4.69) is 21.2 Å². The fourth-order valence-corrected chi connectivity index (χ4v) is 3.22. The summed E-state index contributed by atoms with van der Waals surface area (Å²) in [5.41, 5.74) is 0.347. The lowest BCUT2D eigenvalue weighted by Crippen LogP contribution is -2.25. The van der Waals surface area contributed by atoms with Gasteiger partial charge in [0.25, 0.3) is 5.91 Å². The number of hydrogen-bond donors (Lipinski definition) is 1. The minimum atomic E-state index is -3.52. The van der Waals surface area contributed by atoms with Crippen molar-refractivity contribution < 1.29 is 17.6 Å². The maximum atomic E-state index is 13.6. The van der Waals surface area contributed by atoms with Gasteiger partial charge in [0.2, 0.25) is 0 Å². The van der Waals surface area contributed by atoms with Crippen molar-refractivity contribution in [3.05, 3.63) is 63.9 Å². The standard InChI is InChI=1S/C15H13BrFNO3S/c1-22(20,21)14-5-3-2-4-12(14)15(19)18-9-10-8-11(16)6-7-13(10)17/h2-8H,9H2,1H3,(H,18,19). The van der Waals surface area contributed by atoms with Gasteiger partial charge >= 0.3 is 0 Å². The SMILES string of the molecule is CS(=O)(=O)c1ccccc1C(=O)NCc1cc(Br)ccc1F. The molecule has 0 spiro atoms. The third-order valence-corrected chi connectivity index (χ3v) is 4.63. The lowest BCUT2D eigenvalue weighted by molar-refractivity contribution is 0.0947. The van der Waals surface area contributed by atoms with E-state index in [1.54, 1.807) is 24.3 Å². The quantitative estimate of drug-likeness (QED) is 0.879. The maximum absolute atomic E-state index is 13.6. The molecule has 2 rings (SSSR count). The molecule has 0 saturated carbocycles. The molecule has 0 aliphatic heterocycles. The second-order valence-corrected chi connectivity index (χ2v) is 7.59. The van der Waals surface area contributed by atoms with Crippen LogP contribution in [0.5, 0.6) is 0 Å². The Hall–Kier alpha value is -1.73. The molecule has 0 aliphatic rings. The Labute approximate surface area is 136 Å². The molecule has 22 heavy (non-hydrogen) atoms. The molecule has 0 bridgehead atoms. The van der Waals surface area contributed by atoms with Gasteiger partial charge in [0.1, 0.15) is 5.82 Å². The molecule has 0 aliphatic carbocycles. The predicted molar refractivity (Wildman–Crippen MR) is 84.8 cm³/mol. The van der Waals surface area contributed by atoms with Crippen LogP contribution in [0, 0.1) is 5.82 Å². The molecule has 116 valence electrons. The normalized spacial score (nSPS) is 11.2. The average Bonchev–Trinajstić information content (AvgIpc) is 2.47. The van der Waals surface area contributed by atoms with Crippen molar-refractivity contribution >= 4 is 31.7 Å². The zero-order valence-electron chi connectivity index (χ0n) is 11.6. The smallest absolute Gasteiger partial charge is 0.252 e. The summed E-state index contributed by atoms with van der Waals surface area (Å²) in [5, 5.41) is 2.53. The Balaban J connectivity index is 2.22. The van der Waals surface area contributed by atoms with E-state index in [0.29, 0.717) is 10.0 Å². The van der Waals surface area contributed by atoms with Gasteiger partial charge in [-0.05, 0) is 30.3 Å². The first-order chi connectivity index (χ1) is 10.3. The third-order valence-electron chi connectivity index (χ3n) is 2.98. The minimum absolute atomic E-state index is 0.0395. The molecule has 4 nitrogen and oxygen atoms in total. The van der Waals surface area contributed by atoms with Crippen molar-refractivity contribution in [2.75, 3.05) is 6.26 Å². The fraction of sp³-hybridized carbons (Fsp3) is 0.133. The van der Waals surface area contributed by atoms with Crippen LogP contribution in [-0.4, -0.2) is 20.6 Å². The summed E-state index contributed by atoms with van der Waals surface area (Å²) in [6.07, 6.45) is 1.03. The molecule has 2 aromatic rings. The lowest BCUT2D eigenvalue weighted by atomic mass is 10.2. The highest BCUT2D eigenvalue weighted by atomic mass is 79.9. The number of rotatable bonds is 4. The van der Waals surface area contributed by atoms with E-state index in [-0.39, 0.29) is 17.0 Å². The van der Waals surface area contributed by atoms with Gasteiger partial charge in [-0.1, -0.05) is 28.1 Å². The van der Waals surface area contributed by atoms with Gasteiger partial charge in [-0.15, -0.1) is 0 Å². The van der Waals surface area contributed by atoms with Crippen LogP contribution in [0.25, 0.3) is 0 Å². The third kappa shape index (κ3) is 3.92. The van der Waals surface area contributed by atoms with Gasteiger partial charge in [0, 0.05) is 22.8 Å². The van der Waals surface area contributed by atoms with E-state index in [4.69, 9.17) is 0 Å². The first kappa shape index (κ1) is 16.6.